The van der Waals surface area contributed by atoms with Crippen LogP contribution in [0.15, 0.2) is 64.7 Å². The van der Waals surface area contributed by atoms with Crippen molar-refractivity contribution in [3.63, 3.8) is 0 Å². The Morgan fingerprint density at radius 1 is 1.00 bits per heavy atom. The molecule has 0 fully saturated rings. The number of nitrogens with one attached hydrogen (secondary N) is 2. The Balaban J connectivity index is 1.87. The minimum atomic E-state index is -3.79. The van der Waals surface area contributed by atoms with Gasteiger partial charge < -0.3 is 14.8 Å². The zero-order valence-corrected chi connectivity index (χ0v) is 17.0. The molecule has 0 unspecified atom stereocenters. The van der Waals surface area contributed by atoms with Crippen LogP contribution in [0.5, 0.6) is 5.75 Å². The highest BCUT2D eigenvalue weighted by Crippen LogP contribution is 2.31. The lowest BCUT2D eigenvalue weighted by molar-refractivity contribution is -0.136. The van der Waals surface area contributed by atoms with Gasteiger partial charge in [0.25, 0.3) is 10.0 Å². The number of hydrogen-bond donors (Lipinski definition) is 2. The van der Waals surface area contributed by atoms with Crippen molar-refractivity contribution in [3.8, 4) is 5.75 Å². The van der Waals surface area contributed by atoms with Crippen LogP contribution in [0.1, 0.15) is 0 Å². The fourth-order valence-electron chi connectivity index (χ4n) is 2.65. The van der Waals surface area contributed by atoms with Crippen molar-refractivity contribution in [1.82, 2.24) is 0 Å². The zero-order chi connectivity index (χ0) is 20.1. The summed E-state index contributed by atoms with van der Waals surface area (Å²) in [4.78, 5) is 12.0. The molecule has 0 amide bonds. The lowest BCUT2D eigenvalue weighted by atomic mass is 10.2. The summed E-state index contributed by atoms with van der Waals surface area (Å²) < 4.78 is 38.0. The molecule has 3 rings (SSSR count). The topological polar surface area (TPSA) is 93.7 Å². The molecule has 1 aliphatic rings. The molecule has 7 nitrogen and oxygen atoms in total. The third kappa shape index (κ3) is 4.42. The van der Waals surface area contributed by atoms with Crippen molar-refractivity contribution in [3.05, 3.63) is 59.8 Å². The standard InChI is InChI=1S/C19H20N2O5S2/c1-25-13-7-9-14(10-8-13)28(23,24)21-17-6-4-3-5-16(17)20-18-12-27-11-15(18)19(22)26-2/h3-10,20-21H,11-12H2,1-2H3. The van der Waals surface area contributed by atoms with E-state index in [1.54, 1.807) is 48.2 Å². The SMILES string of the molecule is COC(=O)C1=C(Nc2ccccc2NS(=O)(=O)c2ccc(OC)cc2)CSC1. The molecule has 9 heteroatoms. The average Bonchev–Trinajstić information content (AvgIpc) is 3.17. The molecular weight excluding hydrogens is 400 g/mol. The van der Waals surface area contributed by atoms with Gasteiger partial charge in [-0.05, 0) is 36.4 Å². The van der Waals surface area contributed by atoms with Crippen LogP contribution in [0.25, 0.3) is 0 Å². The maximum atomic E-state index is 12.7. The maximum absolute atomic E-state index is 12.7. The monoisotopic (exact) mass is 420 g/mol. The summed E-state index contributed by atoms with van der Waals surface area (Å²) in [6.07, 6.45) is 0. The minimum Gasteiger partial charge on any atom is -0.497 e. The molecule has 1 aliphatic heterocycles. The molecule has 2 aromatic rings. The van der Waals surface area contributed by atoms with Gasteiger partial charge in [-0.25, -0.2) is 13.2 Å². The van der Waals surface area contributed by atoms with Crippen LogP contribution < -0.4 is 14.8 Å². The highest BCUT2D eigenvalue weighted by Gasteiger charge is 2.23. The van der Waals surface area contributed by atoms with Crippen LogP contribution in [-0.4, -0.2) is 40.1 Å². The highest BCUT2D eigenvalue weighted by molar-refractivity contribution is 8.00. The first-order valence-corrected chi connectivity index (χ1v) is 11.0. The van der Waals surface area contributed by atoms with Gasteiger partial charge in [-0.3, -0.25) is 4.72 Å². The molecule has 0 atom stereocenters. The first-order chi connectivity index (χ1) is 13.4. The van der Waals surface area contributed by atoms with Crippen molar-refractivity contribution in [1.29, 1.82) is 0 Å². The van der Waals surface area contributed by atoms with Crippen molar-refractivity contribution >= 4 is 39.1 Å². The molecule has 0 bridgehead atoms. The Labute approximate surface area is 168 Å². The van der Waals surface area contributed by atoms with Crippen LogP contribution in [0, 0.1) is 0 Å². The van der Waals surface area contributed by atoms with Gasteiger partial charge >= 0.3 is 5.97 Å². The summed E-state index contributed by atoms with van der Waals surface area (Å²) in [6.45, 7) is 0. The van der Waals surface area contributed by atoms with Crippen molar-refractivity contribution < 1.29 is 22.7 Å². The summed E-state index contributed by atoms with van der Waals surface area (Å²) in [6, 6.07) is 13.0. The fourth-order valence-corrected chi connectivity index (χ4v) is 4.78. The molecule has 0 aliphatic carbocycles. The lowest BCUT2D eigenvalue weighted by Gasteiger charge is -2.15. The van der Waals surface area contributed by atoms with E-state index in [9.17, 15) is 13.2 Å². The van der Waals surface area contributed by atoms with Gasteiger partial charge in [-0.15, -0.1) is 0 Å². The molecule has 2 N–H and O–H groups in total. The summed E-state index contributed by atoms with van der Waals surface area (Å²) in [5.41, 5.74) is 2.21. The predicted octanol–water partition coefficient (Wildman–Crippen LogP) is 3.08. The number of rotatable bonds is 7. The van der Waals surface area contributed by atoms with Gasteiger partial charge in [0.05, 0.1) is 36.1 Å². The van der Waals surface area contributed by atoms with Crippen molar-refractivity contribution in [2.75, 3.05) is 35.8 Å². The van der Waals surface area contributed by atoms with Crippen LogP contribution in [0.2, 0.25) is 0 Å². The van der Waals surface area contributed by atoms with E-state index in [0.29, 0.717) is 39.9 Å². The smallest absolute Gasteiger partial charge is 0.336 e. The van der Waals surface area contributed by atoms with E-state index in [0.717, 1.165) is 0 Å². The number of para-hydroxylation sites is 2. The molecule has 0 saturated carbocycles. The van der Waals surface area contributed by atoms with Crippen molar-refractivity contribution in [2.24, 2.45) is 0 Å². The Morgan fingerprint density at radius 3 is 2.32 bits per heavy atom. The first-order valence-electron chi connectivity index (χ1n) is 8.35. The number of carbonyl (C=O) groups is 1. The largest absolute Gasteiger partial charge is 0.497 e. The Hall–Kier alpha value is -2.65. The zero-order valence-electron chi connectivity index (χ0n) is 15.4. The van der Waals surface area contributed by atoms with E-state index in [2.05, 4.69) is 10.0 Å². The third-order valence-electron chi connectivity index (χ3n) is 4.12. The van der Waals surface area contributed by atoms with E-state index in [1.165, 1.54) is 26.4 Å². The van der Waals surface area contributed by atoms with Crippen molar-refractivity contribution in [2.45, 2.75) is 4.90 Å². The number of benzene rings is 2. The van der Waals surface area contributed by atoms with Gasteiger partial charge in [0.15, 0.2) is 0 Å². The molecule has 148 valence electrons. The number of ether oxygens (including phenoxy) is 2. The molecule has 0 spiro atoms. The molecule has 0 aromatic heterocycles. The molecule has 2 aromatic carbocycles. The summed E-state index contributed by atoms with van der Waals surface area (Å²) >= 11 is 1.58. The average molecular weight is 421 g/mol. The number of anilines is 2. The first kappa shape index (κ1) is 20.1. The van der Waals surface area contributed by atoms with Crippen LogP contribution in [0.4, 0.5) is 11.4 Å². The molecular formula is C19H20N2O5S2. The van der Waals surface area contributed by atoms with E-state index in [4.69, 9.17) is 9.47 Å². The number of carbonyl (C=O) groups excluding carboxylic acids is 1. The number of hydrogen-bond acceptors (Lipinski definition) is 7. The van der Waals surface area contributed by atoms with Gasteiger partial charge in [0.1, 0.15) is 5.75 Å². The van der Waals surface area contributed by atoms with E-state index in [1.807, 2.05) is 0 Å². The normalized spacial score (nSPS) is 13.9. The second-order valence-corrected chi connectivity index (χ2v) is 8.56. The number of thioether (sulfide) groups is 1. The van der Waals surface area contributed by atoms with Gasteiger partial charge in [-0.1, -0.05) is 12.1 Å². The molecule has 28 heavy (non-hydrogen) atoms. The Bertz CT molecular complexity index is 1000. The van der Waals surface area contributed by atoms with Gasteiger partial charge in [-0.2, -0.15) is 11.8 Å². The maximum Gasteiger partial charge on any atom is 0.336 e. The van der Waals surface area contributed by atoms with Crippen LogP contribution in [0.3, 0.4) is 0 Å². The Morgan fingerprint density at radius 2 is 1.68 bits per heavy atom. The summed E-state index contributed by atoms with van der Waals surface area (Å²) in [5.74, 6) is 1.35. The summed E-state index contributed by atoms with van der Waals surface area (Å²) in [5, 5.41) is 3.18. The van der Waals surface area contributed by atoms with Gasteiger partial charge in [0.2, 0.25) is 0 Å². The molecule has 0 radical (unpaired) electrons. The Kier molecular flexibility index (Phi) is 6.15. The van der Waals surface area contributed by atoms with Crippen LogP contribution in [-0.2, 0) is 19.6 Å². The quantitative estimate of drug-likeness (QED) is 0.665. The second-order valence-electron chi connectivity index (χ2n) is 5.89. The molecule has 1 heterocycles. The summed E-state index contributed by atoms with van der Waals surface area (Å²) in [7, 11) is -0.931. The highest BCUT2D eigenvalue weighted by atomic mass is 32.2. The minimum absolute atomic E-state index is 0.119. The second kappa shape index (κ2) is 8.57. The number of methoxy groups -OCH3 is 2. The lowest BCUT2D eigenvalue weighted by Crippen LogP contribution is -2.15. The molecule has 0 saturated heterocycles. The van der Waals surface area contributed by atoms with Crippen LogP contribution >= 0.6 is 11.8 Å². The third-order valence-corrected chi connectivity index (χ3v) is 6.48. The van der Waals surface area contributed by atoms with E-state index >= 15 is 0 Å². The van der Waals surface area contributed by atoms with Gasteiger partial charge in [0, 0.05) is 17.2 Å². The number of esters is 1. The van der Waals surface area contributed by atoms with E-state index in [-0.39, 0.29) is 10.9 Å². The fraction of sp³-hybridized carbons (Fsp3) is 0.211. The van der Waals surface area contributed by atoms with E-state index < -0.39 is 10.0 Å². The predicted molar refractivity (Wildman–Crippen MR) is 110 cm³/mol. The number of sulfonamides is 1.